The summed E-state index contributed by atoms with van der Waals surface area (Å²) in [4.78, 5) is 13.1. The summed E-state index contributed by atoms with van der Waals surface area (Å²) in [5.74, 6) is -0.0396. The molecule has 0 radical (unpaired) electrons. The molecule has 0 aromatic heterocycles. The summed E-state index contributed by atoms with van der Waals surface area (Å²) < 4.78 is 0. The molecule has 23 heavy (non-hydrogen) atoms. The first-order valence-corrected chi connectivity index (χ1v) is 7.49. The van der Waals surface area contributed by atoms with Gasteiger partial charge < -0.3 is 16.0 Å². The number of nitrogens with two attached hydrogens (primary N) is 1. The Labute approximate surface area is 133 Å². The Bertz CT molecular complexity index is 733. The fourth-order valence-electron chi connectivity index (χ4n) is 3.13. The first-order chi connectivity index (χ1) is 11.1. The summed E-state index contributed by atoms with van der Waals surface area (Å²) in [6, 6.07) is 11.1. The molecule has 3 N–H and O–H groups in total. The molecule has 2 heterocycles. The van der Waals surface area contributed by atoms with Crippen LogP contribution in [0.25, 0.3) is 0 Å². The molecule has 1 fully saturated rings. The lowest BCUT2D eigenvalue weighted by Gasteiger charge is -2.33. The number of nitrogens with zero attached hydrogens (tertiary/aromatic N) is 3. The zero-order valence-electron chi connectivity index (χ0n) is 12.5. The average molecular weight is 311 g/mol. The maximum atomic E-state index is 11.8. The average Bonchev–Trinajstić information content (AvgIpc) is 2.81. The highest BCUT2D eigenvalue weighted by Crippen LogP contribution is 2.40. The second-order valence-electron chi connectivity index (χ2n) is 5.53. The number of nitriles is 1. The fourth-order valence-corrected chi connectivity index (χ4v) is 3.13. The third-order valence-electron chi connectivity index (χ3n) is 4.19. The van der Waals surface area contributed by atoms with E-state index in [0.29, 0.717) is 30.3 Å². The van der Waals surface area contributed by atoms with Gasteiger partial charge in [-0.1, -0.05) is 30.3 Å². The highest BCUT2D eigenvalue weighted by atomic mass is 16.6. The minimum Gasteiger partial charge on any atom is -0.384 e. The van der Waals surface area contributed by atoms with Crippen LogP contribution in [0.15, 0.2) is 53.2 Å². The first kappa shape index (κ1) is 14.9. The van der Waals surface area contributed by atoms with Crippen molar-refractivity contribution in [3.8, 4) is 6.07 Å². The Morgan fingerprint density at radius 1 is 1.35 bits per heavy atom. The predicted octanol–water partition coefficient (Wildman–Crippen LogP) is 1.61. The van der Waals surface area contributed by atoms with E-state index in [9.17, 15) is 15.4 Å². The number of allylic oxidation sites excluding steroid dienone is 1. The summed E-state index contributed by atoms with van der Waals surface area (Å²) in [7, 11) is 0. The van der Waals surface area contributed by atoms with Crippen molar-refractivity contribution in [3.05, 3.63) is 68.9 Å². The van der Waals surface area contributed by atoms with Crippen molar-refractivity contribution >= 4 is 0 Å². The summed E-state index contributed by atoms with van der Waals surface area (Å²) in [5.41, 5.74) is 7.10. The second kappa shape index (κ2) is 6.01. The third kappa shape index (κ3) is 2.48. The smallest absolute Gasteiger partial charge is 0.299 e. The van der Waals surface area contributed by atoms with Gasteiger partial charge in [0.25, 0.3) is 5.70 Å². The molecule has 3 rings (SSSR count). The van der Waals surface area contributed by atoms with Crippen LogP contribution in [0.2, 0.25) is 0 Å². The van der Waals surface area contributed by atoms with Crippen molar-refractivity contribution in [2.75, 3.05) is 13.1 Å². The van der Waals surface area contributed by atoms with Crippen LogP contribution in [0.1, 0.15) is 24.3 Å². The van der Waals surface area contributed by atoms with Gasteiger partial charge in [0.05, 0.1) is 16.6 Å². The van der Waals surface area contributed by atoms with Gasteiger partial charge >= 0.3 is 0 Å². The molecule has 1 unspecified atom stereocenters. The predicted molar refractivity (Wildman–Crippen MR) is 84.0 cm³/mol. The van der Waals surface area contributed by atoms with E-state index in [0.717, 1.165) is 12.8 Å². The van der Waals surface area contributed by atoms with Crippen LogP contribution in [-0.2, 0) is 0 Å². The van der Waals surface area contributed by atoms with E-state index < -0.39 is 10.8 Å². The van der Waals surface area contributed by atoms with Gasteiger partial charge in [0, 0.05) is 13.1 Å². The Kier molecular flexibility index (Phi) is 3.89. The zero-order chi connectivity index (χ0) is 16.4. The lowest BCUT2D eigenvalue weighted by molar-refractivity contribution is -0.432. The van der Waals surface area contributed by atoms with Gasteiger partial charge in [-0.25, -0.2) is 0 Å². The largest absolute Gasteiger partial charge is 0.384 e. The lowest BCUT2D eigenvalue weighted by Crippen LogP contribution is -2.41. The Balaban J connectivity index is 2.24. The van der Waals surface area contributed by atoms with E-state index >= 15 is 0 Å². The van der Waals surface area contributed by atoms with Gasteiger partial charge in [-0.3, -0.25) is 10.1 Å². The first-order valence-electron chi connectivity index (χ1n) is 7.49. The second-order valence-corrected chi connectivity index (χ2v) is 5.53. The number of rotatable bonds is 2. The van der Waals surface area contributed by atoms with Crippen LogP contribution in [0.4, 0.5) is 0 Å². The Hall–Kier alpha value is -3.01. The van der Waals surface area contributed by atoms with Gasteiger partial charge in [0.1, 0.15) is 11.7 Å². The highest BCUT2D eigenvalue weighted by molar-refractivity contribution is 5.49. The normalized spacial score (nSPS) is 21.2. The lowest BCUT2D eigenvalue weighted by atomic mass is 9.86. The summed E-state index contributed by atoms with van der Waals surface area (Å²) in [5, 5.41) is 24.5. The Morgan fingerprint density at radius 3 is 2.74 bits per heavy atom. The van der Waals surface area contributed by atoms with E-state index in [-0.39, 0.29) is 11.3 Å². The minimum absolute atomic E-state index is 0.0103. The van der Waals surface area contributed by atoms with E-state index in [1.165, 1.54) is 0 Å². The van der Waals surface area contributed by atoms with Gasteiger partial charge in [0.15, 0.2) is 5.82 Å². The molecule has 7 nitrogen and oxygen atoms in total. The minimum atomic E-state index is -0.756. The summed E-state index contributed by atoms with van der Waals surface area (Å²) in [6.07, 6.45) is 1.76. The van der Waals surface area contributed by atoms with E-state index in [1.54, 1.807) is 29.2 Å². The van der Waals surface area contributed by atoms with E-state index in [4.69, 9.17) is 5.73 Å². The quantitative estimate of drug-likeness (QED) is 0.634. The van der Waals surface area contributed by atoms with Crippen molar-refractivity contribution in [2.24, 2.45) is 5.73 Å². The van der Waals surface area contributed by atoms with Gasteiger partial charge in [-0.2, -0.15) is 5.26 Å². The molecule has 1 aromatic carbocycles. The molecule has 118 valence electrons. The monoisotopic (exact) mass is 311 g/mol. The maximum absolute atomic E-state index is 11.8. The molecule has 1 saturated heterocycles. The molecule has 0 aliphatic carbocycles. The Morgan fingerprint density at radius 2 is 2.09 bits per heavy atom. The highest BCUT2D eigenvalue weighted by Gasteiger charge is 2.43. The van der Waals surface area contributed by atoms with Crippen molar-refractivity contribution in [3.63, 3.8) is 0 Å². The van der Waals surface area contributed by atoms with Crippen LogP contribution >= 0.6 is 0 Å². The molecule has 0 saturated carbocycles. The summed E-state index contributed by atoms with van der Waals surface area (Å²) >= 11 is 0. The standard InChI is InChI=1S/C16H17N5O2/c17-10-12-13(11-6-2-1-3-7-11)14(21(22)23)16-19-8-4-5-9-20(16)15(12)18/h1-3,6-7,13,19H,4-5,8-9,18H2. The number of hydrogen-bond donors (Lipinski definition) is 2. The molecular formula is C16H17N5O2. The summed E-state index contributed by atoms with van der Waals surface area (Å²) in [6.45, 7) is 1.22. The van der Waals surface area contributed by atoms with Gasteiger partial charge in [0.2, 0.25) is 0 Å². The zero-order valence-corrected chi connectivity index (χ0v) is 12.5. The van der Waals surface area contributed by atoms with Crippen LogP contribution in [0.3, 0.4) is 0 Å². The van der Waals surface area contributed by atoms with Crippen LogP contribution in [-0.4, -0.2) is 22.9 Å². The number of benzene rings is 1. The van der Waals surface area contributed by atoms with Crippen molar-refractivity contribution in [1.29, 1.82) is 5.26 Å². The van der Waals surface area contributed by atoms with Crippen LogP contribution in [0.5, 0.6) is 0 Å². The molecule has 2 aliphatic heterocycles. The van der Waals surface area contributed by atoms with Crippen molar-refractivity contribution < 1.29 is 4.92 Å². The van der Waals surface area contributed by atoms with Crippen LogP contribution in [0, 0.1) is 21.4 Å². The number of nitrogens with one attached hydrogen (secondary N) is 1. The number of fused-ring (bicyclic) bond motifs is 1. The molecule has 1 aromatic rings. The molecule has 1 atom stereocenters. The van der Waals surface area contributed by atoms with Crippen molar-refractivity contribution in [2.45, 2.75) is 18.8 Å². The topological polar surface area (TPSA) is 108 Å². The number of hydrogen-bond acceptors (Lipinski definition) is 6. The number of nitro groups is 1. The van der Waals surface area contributed by atoms with Crippen molar-refractivity contribution in [1.82, 2.24) is 10.2 Å². The SMILES string of the molecule is N#CC1=C(N)N2CCCCNC2=C([N+](=O)[O-])C1c1ccccc1. The van der Waals surface area contributed by atoms with E-state index in [2.05, 4.69) is 11.4 Å². The maximum Gasteiger partial charge on any atom is 0.299 e. The molecule has 0 amide bonds. The molecule has 2 aliphatic rings. The molecule has 0 spiro atoms. The third-order valence-corrected chi connectivity index (χ3v) is 4.19. The molecule has 0 bridgehead atoms. The fraction of sp³-hybridized carbons (Fsp3) is 0.312. The van der Waals surface area contributed by atoms with Gasteiger partial charge in [-0.05, 0) is 18.4 Å². The molecular weight excluding hydrogens is 294 g/mol. The van der Waals surface area contributed by atoms with Crippen LogP contribution < -0.4 is 11.1 Å². The van der Waals surface area contributed by atoms with E-state index in [1.807, 2.05) is 6.07 Å². The van der Waals surface area contributed by atoms with Gasteiger partial charge in [-0.15, -0.1) is 0 Å². The molecule has 7 heteroatoms.